The molecule has 0 spiro atoms. The number of piperidine rings is 1. The van der Waals surface area contributed by atoms with Crippen LogP contribution in [0.15, 0.2) is 17.0 Å². The Hall–Kier alpha value is -1.44. The summed E-state index contributed by atoms with van der Waals surface area (Å²) in [5.74, 6) is 0.441. The first-order chi connectivity index (χ1) is 12.7. The summed E-state index contributed by atoms with van der Waals surface area (Å²) in [7, 11) is -1.79. The van der Waals surface area contributed by atoms with Crippen molar-refractivity contribution in [2.75, 3.05) is 33.2 Å². The molecule has 2 heterocycles. The Balaban J connectivity index is 1.93. The van der Waals surface area contributed by atoms with E-state index in [0.717, 1.165) is 43.5 Å². The fraction of sp³-hybridized carbons (Fsp3) is 0.650. The van der Waals surface area contributed by atoms with Crippen molar-refractivity contribution in [3.8, 4) is 0 Å². The zero-order chi connectivity index (χ0) is 19.8. The summed E-state index contributed by atoms with van der Waals surface area (Å²) in [6.45, 7) is 8.65. The van der Waals surface area contributed by atoms with Crippen LogP contribution in [0.5, 0.6) is 0 Å². The summed E-state index contributed by atoms with van der Waals surface area (Å²) >= 11 is 0. The van der Waals surface area contributed by atoms with Crippen molar-refractivity contribution in [1.82, 2.24) is 14.5 Å². The summed E-state index contributed by atoms with van der Waals surface area (Å²) < 4.78 is 28.1. The van der Waals surface area contributed by atoms with Gasteiger partial charge in [-0.3, -0.25) is 4.79 Å². The lowest BCUT2D eigenvalue weighted by Crippen LogP contribution is -2.39. The third-order valence-corrected chi connectivity index (χ3v) is 8.15. The van der Waals surface area contributed by atoms with Crippen molar-refractivity contribution >= 4 is 15.9 Å². The van der Waals surface area contributed by atoms with E-state index in [0.29, 0.717) is 24.6 Å². The molecule has 0 aromatic heterocycles. The third-order valence-electron chi connectivity index (χ3n) is 6.13. The van der Waals surface area contributed by atoms with Crippen LogP contribution in [0.1, 0.15) is 47.7 Å². The molecular formula is C20H31N3O3S. The Labute approximate surface area is 163 Å². The lowest BCUT2D eigenvalue weighted by molar-refractivity contribution is 0.0743. The molecule has 0 aliphatic carbocycles. The van der Waals surface area contributed by atoms with E-state index in [4.69, 9.17) is 0 Å². The minimum absolute atomic E-state index is 0.115. The monoisotopic (exact) mass is 393 g/mol. The highest BCUT2D eigenvalue weighted by atomic mass is 32.2. The average molecular weight is 394 g/mol. The van der Waals surface area contributed by atoms with Gasteiger partial charge in [0.05, 0.1) is 4.90 Å². The van der Waals surface area contributed by atoms with Crippen LogP contribution in [0, 0.1) is 19.8 Å². The summed E-state index contributed by atoms with van der Waals surface area (Å²) in [6, 6.07) is 3.55. The highest BCUT2D eigenvalue weighted by Crippen LogP contribution is 2.28. The Bertz CT molecular complexity index is 808. The zero-order valence-electron chi connectivity index (χ0n) is 16.8. The average Bonchev–Trinajstić information content (AvgIpc) is 3.17. The number of carbonyl (C=O) groups is 1. The van der Waals surface area contributed by atoms with Gasteiger partial charge in [0.25, 0.3) is 5.91 Å². The summed E-state index contributed by atoms with van der Waals surface area (Å²) in [5, 5.41) is 3.27. The zero-order valence-corrected chi connectivity index (χ0v) is 17.6. The number of amides is 1. The van der Waals surface area contributed by atoms with Crippen LogP contribution < -0.4 is 5.32 Å². The van der Waals surface area contributed by atoms with E-state index in [1.807, 2.05) is 19.9 Å². The molecule has 1 amide bonds. The molecular weight excluding hydrogens is 362 g/mol. The molecule has 6 nitrogen and oxygen atoms in total. The molecule has 0 bridgehead atoms. The van der Waals surface area contributed by atoms with Gasteiger partial charge >= 0.3 is 0 Å². The molecule has 1 N–H and O–H groups in total. The van der Waals surface area contributed by atoms with Crippen LogP contribution in [0.4, 0.5) is 0 Å². The first kappa shape index (κ1) is 20.3. The number of hydrogen-bond donors (Lipinski definition) is 1. The maximum atomic E-state index is 13.3. The molecule has 7 heteroatoms. The number of benzene rings is 1. The molecule has 1 unspecified atom stereocenters. The van der Waals surface area contributed by atoms with Gasteiger partial charge in [0.15, 0.2) is 0 Å². The SMILES string of the molecule is Cc1cc(C(=O)N(C)C2CCNC2)cc(S(=O)(=O)N2CCC(C)CC2)c1C. The number of nitrogens with zero attached hydrogens (tertiary/aromatic N) is 2. The molecule has 2 fully saturated rings. The number of sulfonamides is 1. The van der Waals surface area contributed by atoms with E-state index in [9.17, 15) is 13.2 Å². The van der Waals surface area contributed by atoms with E-state index < -0.39 is 10.0 Å². The minimum Gasteiger partial charge on any atom is -0.337 e. The normalized spacial score (nSPS) is 22.1. The number of aryl methyl sites for hydroxylation is 1. The van der Waals surface area contributed by atoms with Crippen molar-refractivity contribution in [3.05, 3.63) is 28.8 Å². The lowest BCUT2D eigenvalue weighted by Gasteiger charge is -2.30. The van der Waals surface area contributed by atoms with E-state index in [1.165, 1.54) is 0 Å². The van der Waals surface area contributed by atoms with E-state index in [-0.39, 0.29) is 16.8 Å². The standard InChI is InChI=1S/C20H31N3O3S/c1-14-6-9-23(10-7-14)27(25,26)19-12-17(11-15(2)16(19)3)20(24)22(4)18-5-8-21-13-18/h11-12,14,18,21H,5-10,13H2,1-4H3. The van der Waals surface area contributed by atoms with Crippen LogP contribution in [-0.2, 0) is 10.0 Å². The lowest BCUT2D eigenvalue weighted by atomic mass is 10.0. The predicted molar refractivity (Wildman–Crippen MR) is 106 cm³/mol. The number of nitrogens with one attached hydrogen (secondary N) is 1. The summed E-state index contributed by atoms with van der Waals surface area (Å²) in [4.78, 5) is 15.0. The molecule has 2 aliphatic rings. The molecule has 1 atom stereocenters. The van der Waals surface area contributed by atoms with E-state index >= 15 is 0 Å². The minimum atomic E-state index is -3.59. The van der Waals surface area contributed by atoms with Crippen LogP contribution in [0.25, 0.3) is 0 Å². The van der Waals surface area contributed by atoms with Gasteiger partial charge in [0.1, 0.15) is 0 Å². The first-order valence-corrected chi connectivity index (χ1v) is 11.2. The molecule has 0 saturated carbocycles. The molecule has 27 heavy (non-hydrogen) atoms. The fourth-order valence-corrected chi connectivity index (χ4v) is 5.72. The van der Waals surface area contributed by atoms with Gasteiger partial charge in [-0.2, -0.15) is 4.31 Å². The van der Waals surface area contributed by atoms with Crippen LogP contribution >= 0.6 is 0 Å². The number of carbonyl (C=O) groups excluding carboxylic acids is 1. The Morgan fingerprint density at radius 2 is 1.85 bits per heavy atom. The predicted octanol–water partition coefficient (Wildman–Crippen LogP) is 2.16. The Morgan fingerprint density at radius 1 is 1.19 bits per heavy atom. The van der Waals surface area contributed by atoms with Gasteiger partial charge in [-0.15, -0.1) is 0 Å². The van der Waals surface area contributed by atoms with Crippen molar-refractivity contribution in [3.63, 3.8) is 0 Å². The molecule has 1 aromatic rings. The quantitative estimate of drug-likeness (QED) is 0.851. The highest BCUT2D eigenvalue weighted by molar-refractivity contribution is 7.89. The van der Waals surface area contributed by atoms with Crippen molar-refractivity contribution in [2.45, 2.75) is 51.0 Å². The van der Waals surface area contributed by atoms with Crippen LogP contribution in [0.3, 0.4) is 0 Å². The van der Waals surface area contributed by atoms with Crippen LogP contribution in [-0.4, -0.2) is 62.8 Å². The van der Waals surface area contributed by atoms with Crippen molar-refractivity contribution in [1.29, 1.82) is 0 Å². The van der Waals surface area contributed by atoms with Gasteiger partial charge in [-0.25, -0.2) is 8.42 Å². The number of rotatable bonds is 4. The second-order valence-corrected chi connectivity index (χ2v) is 9.97. The molecule has 2 aliphatic heterocycles. The second kappa shape index (κ2) is 7.89. The first-order valence-electron chi connectivity index (χ1n) is 9.81. The van der Waals surface area contributed by atoms with Crippen molar-refractivity contribution in [2.24, 2.45) is 5.92 Å². The summed E-state index contributed by atoms with van der Waals surface area (Å²) in [6.07, 6.45) is 2.69. The van der Waals surface area contributed by atoms with Crippen molar-refractivity contribution < 1.29 is 13.2 Å². The smallest absolute Gasteiger partial charge is 0.253 e. The number of hydrogen-bond acceptors (Lipinski definition) is 4. The molecule has 0 radical (unpaired) electrons. The molecule has 3 rings (SSSR count). The Morgan fingerprint density at radius 3 is 2.44 bits per heavy atom. The molecule has 2 saturated heterocycles. The van der Waals surface area contributed by atoms with E-state index in [1.54, 1.807) is 22.3 Å². The largest absolute Gasteiger partial charge is 0.337 e. The molecule has 150 valence electrons. The van der Waals surface area contributed by atoms with Gasteiger partial charge in [-0.05, 0) is 68.8 Å². The van der Waals surface area contributed by atoms with Gasteiger partial charge in [0, 0.05) is 38.3 Å². The second-order valence-electron chi connectivity index (χ2n) is 8.07. The number of likely N-dealkylation sites (N-methyl/N-ethyl adjacent to an activating group) is 1. The van der Waals surface area contributed by atoms with Gasteiger partial charge in [-0.1, -0.05) is 6.92 Å². The van der Waals surface area contributed by atoms with Gasteiger partial charge < -0.3 is 10.2 Å². The Kier molecular flexibility index (Phi) is 5.93. The molecule has 1 aromatic carbocycles. The summed E-state index contributed by atoms with van der Waals surface area (Å²) in [5.41, 5.74) is 2.02. The van der Waals surface area contributed by atoms with Gasteiger partial charge in [0.2, 0.25) is 10.0 Å². The fourth-order valence-electron chi connectivity index (χ4n) is 3.92. The van der Waals surface area contributed by atoms with Crippen LogP contribution in [0.2, 0.25) is 0 Å². The topological polar surface area (TPSA) is 69.7 Å². The maximum Gasteiger partial charge on any atom is 0.253 e. The highest BCUT2D eigenvalue weighted by Gasteiger charge is 2.31. The van der Waals surface area contributed by atoms with E-state index in [2.05, 4.69) is 12.2 Å². The third kappa shape index (κ3) is 4.05. The maximum absolute atomic E-state index is 13.3.